The van der Waals surface area contributed by atoms with E-state index in [2.05, 4.69) is 10.7 Å². The van der Waals surface area contributed by atoms with Crippen molar-refractivity contribution in [3.63, 3.8) is 0 Å². The number of carbonyl (C=O) groups excluding carboxylic acids is 1. The zero-order chi connectivity index (χ0) is 15.3. The van der Waals surface area contributed by atoms with Gasteiger partial charge in [0.25, 0.3) is 5.69 Å². The Morgan fingerprint density at radius 2 is 2.10 bits per heavy atom. The van der Waals surface area contributed by atoms with E-state index < -0.39 is 4.92 Å². The zero-order valence-corrected chi connectivity index (χ0v) is 11.7. The van der Waals surface area contributed by atoms with Gasteiger partial charge >= 0.3 is 0 Å². The second-order valence-corrected chi connectivity index (χ2v) is 4.72. The van der Waals surface area contributed by atoms with Crippen LogP contribution in [0, 0.1) is 10.1 Å². The van der Waals surface area contributed by atoms with Crippen LogP contribution in [0.2, 0.25) is 0 Å². The van der Waals surface area contributed by atoms with E-state index in [-0.39, 0.29) is 24.2 Å². The Morgan fingerprint density at radius 1 is 1.45 bits per heavy atom. The van der Waals surface area contributed by atoms with Crippen molar-refractivity contribution in [2.75, 3.05) is 23.9 Å². The van der Waals surface area contributed by atoms with Gasteiger partial charge in [-0.1, -0.05) is 0 Å². The highest BCUT2D eigenvalue weighted by atomic mass is 16.6. The first-order chi connectivity index (χ1) is 9.33. The van der Waals surface area contributed by atoms with E-state index in [9.17, 15) is 14.9 Å². The number of anilines is 2. The van der Waals surface area contributed by atoms with E-state index >= 15 is 0 Å². The molecule has 0 fully saturated rings. The average molecular weight is 281 g/mol. The molecule has 0 atom stereocenters. The topological polar surface area (TPSA) is 114 Å². The predicted molar refractivity (Wildman–Crippen MR) is 77.5 cm³/mol. The number of likely N-dealkylation sites (N-methyl/N-ethyl adjacent to an activating group) is 1. The van der Waals surface area contributed by atoms with Crippen molar-refractivity contribution >= 4 is 23.0 Å². The standard InChI is InChI=1S/C12H19N5O3/c1-8(2)14-12(18)7-16(3)10-4-9(15-13)5-11(6-10)17(19)20/h4-6,8,15H,7,13H2,1-3H3,(H,14,18). The molecule has 0 aliphatic carbocycles. The predicted octanol–water partition coefficient (Wildman–Crippen LogP) is 0.841. The summed E-state index contributed by atoms with van der Waals surface area (Å²) in [6, 6.07) is 4.40. The number of hydrogen-bond donors (Lipinski definition) is 3. The number of benzene rings is 1. The number of hydrazine groups is 1. The Balaban J connectivity index is 2.91. The summed E-state index contributed by atoms with van der Waals surface area (Å²) in [5.74, 6) is 5.13. The first-order valence-corrected chi connectivity index (χ1v) is 6.10. The van der Waals surface area contributed by atoms with Crippen molar-refractivity contribution < 1.29 is 9.72 Å². The van der Waals surface area contributed by atoms with Crippen LogP contribution >= 0.6 is 0 Å². The molecule has 0 saturated carbocycles. The molecule has 0 unspecified atom stereocenters. The fourth-order valence-electron chi connectivity index (χ4n) is 1.68. The number of nitrogens with two attached hydrogens (primary N) is 1. The normalized spacial score (nSPS) is 10.2. The lowest BCUT2D eigenvalue weighted by atomic mass is 10.2. The van der Waals surface area contributed by atoms with Crippen molar-refractivity contribution in [2.45, 2.75) is 19.9 Å². The SMILES string of the molecule is CC(C)NC(=O)CN(C)c1cc(NN)cc([N+](=O)[O-])c1. The number of carbonyl (C=O) groups is 1. The van der Waals surface area contributed by atoms with Crippen LogP contribution in [0.1, 0.15) is 13.8 Å². The highest BCUT2D eigenvalue weighted by Crippen LogP contribution is 2.25. The van der Waals surface area contributed by atoms with Gasteiger partial charge in [-0.3, -0.25) is 20.8 Å². The van der Waals surface area contributed by atoms with Gasteiger partial charge < -0.3 is 15.6 Å². The Labute approximate surface area is 117 Å². The smallest absolute Gasteiger partial charge is 0.273 e. The lowest BCUT2D eigenvalue weighted by Gasteiger charge is -2.20. The summed E-state index contributed by atoms with van der Waals surface area (Å²) in [5, 5.41) is 13.6. The van der Waals surface area contributed by atoms with Crippen molar-refractivity contribution in [1.82, 2.24) is 5.32 Å². The van der Waals surface area contributed by atoms with Crippen LogP contribution in [-0.2, 0) is 4.79 Å². The number of nitrogens with one attached hydrogen (secondary N) is 2. The summed E-state index contributed by atoms with van der Waals surface area (Å²) in [6.45, 7) is 3.83. The minimum absolute atomic E-state index is 0.0438. The van der Waals surface area contributed by atoms with Crippen molar-refractivity contribution in [3.05, 3.63) is 28.3 Å². The van der Waals surface area contributed by atoms with Gasteiger partial charge in [0.05, 0.1) is 17.2 Å². The number of amides is 1. The molecule has 8 heteroatoms. The molecule has 0 radical (unpaired) electrons. The van der Waals surface area contributed by atoms with E-state index in [1.165, 1.54) is 12.1 Å². The Kier molecular flexibility index (Phi) is 5.27. The maximum atomic E-state index is 11.7. The molecule has 0 heterocycles. The third kappa shape index (κ3) is 4.39. The van der Waals surface area contributed by atoms with E-state index in [0.717, 1.165) is 0 Å². The summed E-state index contributed by atoms with van der Waals surface area (Å²) in [4.78, 5) is 23.6. The van der Waals surface area contributed by atoms with Gasteiger partial charge in [0.15, 0.2) is 0 Å². The lowest BCUT2D eigenvalue weighted by Crippen LogP contribution is -2.38. The summed E-state index contributed by atoms with van der Waals surface area (Å²) >= 11 is 0. The minimum atomic E-state index is -0.508. The van der Waals surface area contributed by atoms with E-state index in [1.807, 2.05) is 13.8 Å². The van der Waals surface area contributed by atoms with Gasteiger partial charge in [-0.15, -0.1) is 0 Å². The fourth-order valence-corrected chi connectivity index (χ4v) is 1.68. The van der Waals surface area contributed by atoms with E-state index in [4.69, 9.17) is 5.84 Å². The fraction of sp³-hybridized carbons (Fsp3) is 0.417. The molecule has 0 saturated heterocycles. The molecule has 1 aromatic rings. The molecule has 1 rings (SSSR count). The van der Waals surface area contributed by atoms with Gasteiger partial charge in [-0.25, -0.2) is 0 Å². The third-order valence-corrected chi connectivity index (χ3v) is 2.55. The maximum Gasteiger partial charge on any atom is 0.273 e. The molecule has 0 bridgehead atoms. The van der Waals surface area contributed by atoms with Crippen molar-refractivity contribution in [2.24, 2.45) is 5.84 Å². The molecule has 0 aliphatic rings. The van der Waals surface area contributed by atoms with Crippen LogP contribution in [0.4, 0.5) is 17.1 Å². The Morgan fingerprint density at radius 3 is 2.60 bits per heavy atom. The first kappa shape index (κ1) is 15.7. The van der Waals surface area contributed by atoms with E-state index in [1.54, 1.807) is 18.0 Å². The quantitative estimate of drug-likeness (QED) is 0.404. The number of nitro benzene ring substituents is 1. The van der Waals surface area contributed by atoms with Crippen LogP contribution in [0.15, 0.2) is 18.2 Å². The van der Waals surface area contributed by atoms with Crippen LogP contribution in [0.5, 0.6) is 0 Å². The monoisotopic (exact) mass is 281 g/mol. The number of hydrogen-bond acceptors (Lipinski definition) is 6. The molecule has 1 amide bonds. The number of rotatable bonds is 6. The summed E-state index contributed by atoms with van der Waals surface area (Å²) in [7, 11) is 1.68. The van der Waals surface area contributed by atoms with E-state index in [0.29, 0.717) is 11.4 Å². The molecule has 4 N–H and O–H groups in total. The molecule has 20 heavy (non-hydrogen) atoms. The number of nitrogens with zero attached hydrogens (tertiary/aromatic N) is 2. The summed E-state index contributed by atoms with van der Waals surface area (Å²) in [6.07, 6.45) is 0. The third-order valence-electron chi connectivity index (χ3n) is 2.55. The lowest BCUT2D eigenvalue weighted by molar-refractivity contribution is -0.384. The van der Waals surface area contributed by atoms with Crippen molar-refractivity contribution in [1.29, 1.82) is 0 Å². The number of nitro groups is 1. The Bertz CT molecular complexity index is 504. The highest BCUT2D eigenvalue weighted by Gasteiger charge is 2.14. The molecule has 0 spiro atoms. The maximum absolute atomic E-state index is 11.7. The largest absolute Gasteiger partial charge is 0.365 e. The molecule has 8 nitrogen and oxygen atoms in total. The second-order valence-electron chi connectivity index (χ2n) is 4.72. The molecular weight excluding hydrogens is 262 g/mol. The van der Waals surface area contributed by atoms with Crippen LogP contribution in [0.25, 0.3) is 0 Å². The van der Waals surface area contributed by atoms with Crippen molar-refractivity contribution in [3.8, 4) is 0 Å². The first-order valence-electron chi connectivity index (χ1n) is 6.10. The number of nitrogen functional groups attached to an aromatic ring is 1. The van der Waals surface area contributed by atoms with Gasteiger partial charge in [0, 0.05) is 30.9 Å². The second kappa shape index (κ2) is 6.71. The molecule has 0 aliphatic heterocycles. The van der Waals surface area contributed by atoms with Crippen LogP contribution in [-0.4, -0.2) is 30.5 Å². The zero-order valence-electron chi connectivity index (χ0n) is 11.7. The molecule has 110 valence electrons. The summed E-state index contributed by atoms with van der Waals surface area (Å²) < 4.78 is 0. The summed E-state index contributed by atoms with van der Waals surface area (Å²) in [5.41, 5.74) is 3.22. The van der Waals surface area contributed by atoms with Crippen LogP contribution < -0.4 is 21.5 Å². The van der Waals surface area contributed by atoms with Gasteiger partial charge in [-0.05, 0) is 19.9 Å². The number of non-ortho nitro benzene ring substituents is 1. The highest BCUT2D eigenvalue weighted by molar-refractivity contribution is 5.82. The van der Waals surface area contributed by atoms with Gasteiger partial charge in [-0.2, -0.15) is 0 Å². The Hall–Kier alpha value is -2.35. The van der Waals surface area contributed by atoms with Gasteiger partial charge in [0.1, 0.15) is 0 Å². The molecular formula is C12H19N5O3. The molecule has 1 aromatic carbocycles. The average Bonchev–Trinajstić information content (AvgIpc) is 2.36. The van der Waals surface area contributed by atoms with Gasteiger partial charge in [0.2, 0.25) is 5.91 Å². The minimum Gasteiger partial charge on any atom is -0.365 e. The van der Waals surface area contributed by atoms with Crippen LogP contribution in [0.3, 0.4) is 0 Å². The molecule has 0 aromatic heterocycles.